The topological polar surface area (TPSA) is 80.3 Å². The molecule has 10 nitrogen and oxygen atoms in total. The fourth-order valence-corrected chi connectivity index (χ4v) is 16.4. The summed E-state index contributed by atoms with van der Waals surface area (Å²) in [5, 5.41) is 0. The summed E-state index contributed by atoms with van der Waals surface area (Å²) >= 11 is 0. The fraction of sp³-hybridized carbons (Fsp3) is 1.00. The molecule has 0 aromatic rings. The molecule has 4 aliphatic heterocycles. The van der Waals surface area contributed by atoms with Crippen LogP contribution in [-0.2, 0) is 37.9 Å². The Labute approximate surface area is 433 Å². The molecule has 71 heavy (non-hydrogen) atoms. The van der Waals surface area contributed by atoms with Crippen molar-refractivity contribution in [3.63, 3.8) is 0 Å². The van der Waals surface area contributed by atoms with Crippen molar-refractivity contribution in [2.75, 3.05) is 52.9 Å². The Hall–Kier alpha value is -0.400. The first kappa shape index (κ1) is 54.0. The highest BCUT2D eigenvalue weighted by molar-refractivity contribution is 4.96. The average molecular weight is 996 g/mol. The molecular weight excluding hydrogens is 889 g/mol. The van der Waals surface area contributed by atoms with Gasteiger partial charge in [-0.25, -0.2) is 0 Å². The van der Waals surface area contributed by atoms with Gasteiger partial charge in [-0.05, 0) is 273 Å². The van der Waals surface area contributed by atoms with Crippen molar-refractivity contribution >= 4 is 0 Å². The van der Waals surface area contributed by atoms with Gasteiger partial charge in [0.1, 0.15) is 0 Å². The van der Waals surface area contributed by atoms with Gasteiger partial charge >= 0.3 is 0 Å². The van der Waals surface area contributed by atoms with Gasteiger partial charge in [-0.15, -0.1) is 0 Å². The minimum atomic E-state index is 0.0490. The van der Waals surface area contributed by atoms with E-state index in [9.17, 15) is 0 Å². The Kier molecular flexibility index (Phi) is 21.9. The van der Waals surface area contributed by atoms with Crippen LogP contribution < -0.4 is 0 Å². The molecule has 0 amide bonds. The van der Waals surface area contributed by atoms with E-state index < -0.39 is 0 Å². The van der Waals surface area contributed by atoms with Crippen molar-refractivity contribution in [1.29, 1.82) is 0 Å². The molecule has 10 rings (SSSR count). The minimum Gasteiger partial charge on any atom is -0.353 e. The standard InChI is InChI=1S/C61H106N2O8/c1-5-37-64-58(9-1)68-42-48-17-29-54(30-18-48)62(55-31-19-49(20-32-55)43-69-59-10-2-6-38-65-59)52-25-13-46(14-26-52)41-47-15-27-53(28-16-47)63(56-33-21-50(22-34-56)44-70-60-11-3-7-39-66-60)57-35-23-51(24-36-57)45-71-61-12-4-8-40-67-61/h46-61H,1-45H2. The molecule has 4 saturated heterocycles. The Bertz CT molecular complexity index is 1230. The SMILES string of the molecule is C1CCC(OCC2CCC(N(C3CCC(COC4CCCCO4)CC3)C3CCC(CC4CCC(N(C5CCC(COC6CCCCO6)CC5)C5CCC(COC6CCCCO6)CC5)CC4)CC3)CC2)OC1. The number of hydrogen-bond donors (Lipinski definition) is 0. The molecule has 6 saturated carbocycles. The van der Waals surface area contributed by atoms with Gasteiger partial charge in [-0.1, -0.05) is 0 Å². The van der Waals surface area contributed by atoms with Crippen LogP contribution in [0.15, 0.2) is 0 Å². The number of nitrogens with zero attached hydrogens (tertiary/aromatic N) is 2. The molecule has 408 valence electrons. The van der Waals surface area contributed by atoms with Crippen LogP contribution in [-0.4, -0.2) is 124 Å². The summed E-state index contributed by atoms with van der Waals surface area (Å²) in [7, 11) is 0. The highest BCUT2D eigenvalue weighted by Crippen LogP contribution is 2.45. The molecular formula is C61H106N2O8. The van der Waals surface area contributed by atoms with Crippen LogP contribution in [0, 0.1) is 35.5 Å². The molecule has 4 unspecified atom stereocenters. The lowest BCUT2D eigenvalue weighted by molar-refractivity contribution is -0.172. The second-order valence-corrected chi connectivity index (χ2v) is 25.7. The summed E-state index contributed by atoms with van der Waals surface area (Å²) < 4.78 is 49.2. The summed E-state index contributed by atoms with van der Waals surface area (Å²) in [5.41, 5.74) is 0. The molecule has 0 aromatic carbocycles. The summed E-state index contributed by atoms with van der Waals surface area (Å²) in [6, 6.07) is 4.58. The summed E-state index contributed by atoms with van der Waals surface area (Å²) in [6.07, 6.45) is 48.8. The average Bonchev–Trinajstić information content (AvgIpc) is 3.44. The highest BCUT2D eigenvalue weighted by atomic mass is 16.7. The Morgan fingerprint density at radius 3 is 0.648 bits per heavy atom. The molecule has 0 radical (unpaired) electrons. The first-order chi connectivity index (χ1) is 35.1. The third-order valence-electron chi connectivity index (χ3n) is 20.7. The van der Waals surface area contributed by atoms with Crippen molar-refractivity contribution in [2.24, 2.45) is 35.5 Å². The normalized spacial score (nSPS) is 41.5. The van der Waals surface area contributed by atoms with E-state index in [1.54, 1.807) is 0 Å². The molecule has 6 aliphatic carbocycles. The van der Waals surface area contributed by atoms with Crippen LogP contribution in [0.1, 0.15) is 238 Å². The van der Waals surface area contributed by atoms with Gasteiger partial charge in [-0.3, -0.25) is 9.80 Å². The molecule has 10 aliphatic rings. The van der Waals surface area contributed by atoms with Gasteiger partial charge in [0.15, 0.2) is 25.2 Å². The Morgan fingerprint density at radius 2 is 0.451 bits per heavy atom. The van der Waals surface area contributed by atoms with Crippen molar-refractivity contribution in [1.82, 2.24) is 9.80 Å². The van der Waals surface area contributed by atoms with Crippen LogP contribution in [0.5, 0.6) is 0 Å². The van der Waals surface area contributed by atoms with Gasteiger partial charge in [0.05, 0.1) is 26.4 Å². The highest BCUT2D eigenvalue weighted by Gasteiger charge is 2.42. The lowest BCUT2D eigenvalue weighted by Gasteiger charge is -2.50. The predicted octanol–water partition coefficient (Wildman–Crippen LogP) is 13.5. The minimum absolute atomic E-state index is 0.0490. The molecule has 4 atom stereocenters. The van der Waals surface area contributed by atoms with Gasteiger partial charge in [0.2, 0.25) is 0 Å². The van der Waals surface area contributed by atoms with E-state index in [0.717, 1.165) is 127 Å². The van der Waals surface area contributed by atoms with Crippen LogP contribution in [0.2, 0.25) is 0 Å². The van der Waals surface area contributed by atoms with Crippen LogP contribution in [0.25, 0.3) is 0 Å². The summed E-state index contributed by atoms with van der Waals surface area (Å²) in [5.74, 6) is 4.68. The number of hydrogen-bond acceptors (Lipinski definition) is 10. The van der Waals surface area contributed by atoms with Crippen LogP contribution in [0.4, 0.5) is 0 Å². The van der Waals surface area contributed by atoms with E-state index in [2.05, 4.69) is 9.80 Å². The lowest BCUT2D eigenvalue weighted by Crippen LogP contribution is -2.53. The van der Waals surface area contributed by atoms with Crippen LogP contribution >= 0.6 is 0 Å². The molecule has 10 heteroatoms. The quantitative estimate of drug-likeness (QED) is 0.118. The third-order valence-corrected chi connectivity index (χ3v) is 20.7. The molecule has 0 N–H and O–H groups in total. The number of ether oxygens (including phenoxy) is 8. The molecule has 0 bridgehead atoms. The first-order valence-electron chi connectivity index (χ1n) is 31.6. The van der Waals surface area contributed by atoms with Crippen LogP contribution in [0.3, 0.4) is 0 Å². The monoisotopic (exact) mass is 995 g/mol. The molecule has 0 aromatic heterocycles. The second kappa shape index (κ2) is 28.8. The Balaban J connectivity index is 0.698. The first-order valence-corrected chi connectivity index (χ1v) is 31.6. The fourth-order valence-electron chi connectivity index (χ4n) is 16.4. The zero-order valence-electron chi connectivity index (χ0n) is 45.2. The van der Waals surface area contributed by atoms with Gasteiger partial charge in [0, 0.05) is 62.7 Å². The van der Waals surface area contributed by atoms with E-state index in [1.165, 1.54) is 212 Å². The second-order valence-electron chi connectivity index (χ2n) is 25.7. The largest absolute Gasteiger partial charge is 0.353 e. The van der Waals surface area contributed by atoms with Gasteiger partial charge in [-0.2, -0.15) is 0 Å². The molecule has 0 spiro atoms. The Morgan fingerprint density at radius 1 is 0.239 bits per heavy atom. The van der Waals surface area contributed by atoms with Gasteiger partial charge in [0.25, 0.3) is 0 Å². The summed E-state index contributed by atoms with van der Waals surface area (Å²) in [6.45, 7) is 7.12. The molecule has 4 heterocycles. The van der Waals surface area contributed by atoms with E-state index >= 15 is 0 Å². The van der Waals surface area contributed by atoms with Crippen molar-refractivity contribution in [2.45, 2.75) is 299 Å². The van der Waals surface area contributed by atoms with E-state index in [4.69, 9.17) is 37.9 Å². The number of rotatable bonds is 20. The zero-order chi connectivity index (χ0) is 47.9. The maximum atomic E-state index is 6.36. The van der Waals surface area contributed by atoms with Crippen molar-refractivity contribution < 1.29 is 37.9 Å². The lowest BCUT2D eigenvalue weighted by atomic mass is 9.73. The van der Waals surface area contributed by atoms with E-state index in [0.29, 0.717) is 23.7 Å². The summed E-state index contributed by atoms with van der Waals surface area (Å²) in [4.78, 5) is 6.38. The third kappa shape index (κ3) is 16.3. The van der Waals surface area contributed by atoms with E-state index in [1.807, 2.05) is 0 Å². The van der Waals surface area contributed by atoms with Crippen molar-refractivity contribution in [3.05, 3.63) is 0 Å². The van der Waals surface area contributed by atoms with E-state index in [-0.39, 0.29) is 25.2 Å². The maximum absolute atomic E-state index is 6.36. The van der Waals surface area contributed by atoms with Gasteiger partial charge < -0.3 is 37.9 Å². The molecule has 10 fully saturated rings. The smallest absolute Gasteiger partial charge is 0.157 e. The van der Waals surface area contributed by atoms with Crippen molar-refractivity contribution in [3.8, 4) is 0 Å². The maximum Gasteiger partial charge on any atom is 0.157 e. The predicted molar refractivity (Wildman–Crippen MR) is 281 cm³/mol. The zero-order valence-corrected chi connectivity index (χ0v) is 45.2.